The number of rotatable bonds is 1. The lowest BCUT2D eigenvalue weighted by molar-refractivity contribution is 0.0706. The Kier molecular flexibility index (Phi) is 3.47. The van der Waals surface area contributed by atoms with Gasteiger partial charge in [-0.15, -0.1) is 0 Å². The first-order chi connectivity index (χ1) is 10.1. The molecule has 3 heterocycles. The number of fused-ring (bicyclic) bond motifs is 1. The van der Waals surface area contributed by atoms with Crippen LogP contribution in [0, 0.1) is 6.92 Å². The van der Waals surface area contributed by atoms with Crippen molar-refractivity contribution in [3.63, 3.8) is 0 Å². The van der Waals surface area contributed by atoms with Crippen LogP contribution in [0.25, 0.3) is 5.65 Å². The number of carbonyl (C=O) groups is 1. The molecule has 6 nitrogen and oxygen atoms in total. The molecule has 6 heteroatoms. The number of hydrogen-bond donors (Lipinski definition) is 1. The van der Waals surface area contributed by atoms with E-state index in [-0.39, 0.29) is 23.1 Å². The largest absolute Gasteiger partial charge is 0.336 e. The molecular weight excluding hydrogens is 268 g/mol. The summed E-state index contributed by atoms with van der Waals surface area (Å²) < 4.78 is 1.44. The van der Waals surface area contributed by atoms with Gasteiger partial charge in [-0.1, -0.05) is 6.07 Å². The predicted molar refractivity (Wildman–Crippen MR) is 79.6 cm³/mol. The van der Waals surface area contributed by atoms with E-state index in [1.165, 1.54) is 10.6 Å². The van der Waals surface area contributed by atoms with Gasteiger partial charge in [-0.25, -0.2) is 4.98 Å². The Bertz CT molecular complexity index is 753. The second-order valence-corrected chi connectivity index (χ2v) is 5.47. The molecular formula is C15H18N4O2. The molecule has 3 rings (SSSR count). The van der Waals surface area contributed by atoms with Crippen molar-refractivity contribution in [2.45, 2.75) is 19.9 Å². The molecule has 0 unspecified atom stereocenters. The Hall–Kier alpha value is -2.21. The summed E-state index contributed by atoms with van der Waals surface area (Å²) in [5.74, 6) is -0.239. The molecule has 0 spiro atoms. The molecule has 0 saturated carbocycles. The lowest BCUT2D eigenvalue weighted by Crippen LogP contribution is -2.52. The van der Waals surface area contributed by atoms with E-state index in [2.05, 4.69) is 10.3 Å². The van der Waals surface area contributed by atoms with E-state index in [1.54, 1.807) is 17.2 Å². The van der Waals surface area contributed by atoms with Crippen molar-refractivity contribution in [3.8, 4) is 0 Å². The Morgan fingerprint density at radius 1 is 1.48 bits per heavy atom. The minimum Gasteiger partial charge on any atom is -0.336 e. The highest BCUT2D eigenvalue weighted by molar-refractivity contribution is 5.94. The van der Waals surface area contributed by atoms with E-state index in [0.29, 0.717) is 18.7 Å². The number of amides is 1. The minimum atomic E-state index is -0.306. The van der Waals surface area contributed by atoms with Gasteiger partial charge in [-0.05, 0) is 25.5 Å². The number of pyridine rings is 1. The monoisotopic (exact) mass is 286 g/mol. The summed E-state index contributed by atoms with van der Waals surface area (Å²) in [6.45, 7) is 5.87. The fourth-order valence-corrected chi connectivity index (χ4v) is 2.68. The lowest BCUT2D eigenvalue weighted by Gasteiger charge is -2.31. The van der Waals surface area contributed by atoms with E-state index in [0.717, 1.165) is 12.1 Å². The van der Waals surface area contributed by atoms with Gasteiger partial charge in [0.05, 0.1) is 0 Å². The van der Waals surface area contributed by atoms with Crippen LogP contribution in [0.5, 0.6) is 0 Å². The zero-order chi connectivity index (χ0) is 15.0. The van der Waals surface area contributed by atoms with E-state index >= 15 is 0 Å². The van der Waals surface area contributed by atoms with Crippen molar-refractivity contribution < 1.29 is 4.79 Å². The first-order valence-corrected chi connectivity index (χ1v) is 7.07. The summed E-state index contributed by atoms with van der Waals surface area (Å²) in [7, 11) is 0. The summed E-state index contributed by atoms with van der Waals surface area (Å²) in [6.07, 6.45) is 3.05. The van der Waals surface area contributed by atoms with Crippen LogP contribution in [-0.2, 0) is 0 Å². The molecule has 1 atom stereocenters. The summed E-state index contributed by atoms with van der Waals surface area (Å²) in [4.78, 5) is 31.0. The Morgan fingerprint density at radius 3 is 3.05 bits per heavy atom. The zero-order valence-electron chi connectivity index (χ0n) is 12.2. The van der Waals surface area contributed by atoms with Crippen LogP contribution in [0.2, 0.25) is 0 Å². The molecule has 1 N–H and O–H groups in total. The second kappa shape index (κ2) is 5.29. The van der Waals surface area contributed by atoms with Crippen LogP contribution in [0.3, 0.4) is 0 Å². The maximum absolute atomic E-state index is 12.5. The van der Waals surface area contributed by atoms with Crippen molar-refractivity contribution in [3.05, 3.63) is 46.0 Å². The SMILES string of the molecule is Cc1cccn2c(=O)c(C(=O)N3CCN[C@H](C)C3)cnc12. The molecule has 1 saturated heterocycles. The number of piperazine rings is 1. The average molecular weight is 286 g/mol. The topological polar surface area (TPSA) is 66.7 Å². The van der Waals surface area contributed by atoms with Gasteiger partial charge < -0.3 is 10.2 Å². The summed E-state index contributed by atoms with van der Waals surface area (Å²) >= 11 is 0. The molecule has 0 aliphatic carbocycles. The minimum absolute atomic E-state index is 0.132. The summed E-state index contributed by atoms with van der Waals surface area (Å²) in [5, 5.41) is 3.28. The first-order valence-electron chi connectivity index (χ1n) is 7.07. The lowest BCUT2D eigenvalue weighted by atomic mass is 10.2. The number of hydrogen-bond acceptors (Lipinski definition) is 4. The number of aromatic nitrogens is 2. The van der Waals surface area contributed by atoms with E-state index in [4.69, 9.17) is 0 Å². The second-order valence-electron chi connectivity index (χ2n) is 5.47. The fraction of sp³-hybridized carbons (Fsp3) is 0.400. The van der Waals surface area contributed by atoms with Crippen LogP contribution in [0.4, 0.5) is 0 Å². The third-order valence-electron chi connectivity index (χ3n) is 3.81. The van der Waals surface area contributed by atoms with Gasteiger partial charge in [0.25, 0.3) is 11.5 Å². The highest BCUT2D eigenvalue weighted by atomic mass is 16.2. The van der Waals surface area contributed by atoms with Crippen molar-refractivity contribution in [2.75, 3.05) is 19.6 Å². The highest BCUT2D eigenvalue weighted by Crippen LogP contribution is 2.08. The normalized spacial score (nSPS) is 19.0. The van der Waals surface area contributed by atoms with Gasteiger partial charge in [-0.2, -0.15) is 0 Å². The molecule has 1 aliphatic heterocycles. The van der Waals surface area contributed by atoms with Gasteiger partial charge in [0.2, 0.25) is 0 Å². The fourth-order valence-electron chi connectivity index (χ4n) is 2.68. The van der Waals surface area contributed by atoms with Crippen molar-refractivity contribution >= 4 is 11.6 Å². The van der Waals surface area contributed by atoms with Gasteiger partial charge in [0.1, 0.15) is 11.2 Å². The maximum Gasteiger partial charge on any atom is 0.270 e. The van der Waals surface area contributed by atoms with Crippen molar-refractivity contribution in [1.82, 2.24) is 19.6 Å². The quantitative estimate of drug-likeness (QED) is 0.826. The number of aryl methyl sites for hydroxylation is 1. The molecule has 1 aliphatic rings. The number of carbonyl (C=O) groups excluding carboxylic acids is 1. The van der Waals surface area contributed by atoms with E-state index in [9.17, 15) is 9.59 Å². The molecule has 110 valence electrons. The summed E-state index contributed by atoms with van der Waals surface area (Å²) in [5.41, 5.74) is 1.32. The molecule has 2 aromatic heterocycles. The smallest absolute Gasteiger partial charge is 0.270 e. The number of nitrogens with one attached hydrogen (secondary N) is 1. The maximum atomic E-state index is 12.5. The predicted octanol–water partition coefficient (Wildman–Crippen LogP) is 0.437. The first kappa shape index (κ1) is 13.8. The third kappa shape index (κ3) is 2.42. The third-order valence-corrected chi connectivity index (χ3v) is 3.81. The average Bonchev–Trinajstić information content (AvgIpc) is 2.48. The van der Waals surface area contributed by atoms with E-state index < -0.39 is 0 Å². The Labute approximate surface area is 122 Å². The molecule has 0 radical (unpaired) electrons. The number of nitrogens with zero attached hydrogens (tertiary/aromatic N) is 3. The standard InChI is InChI=1S/C15H18N4O2/c1-10-4-3-6-19-13(10)17-8-12(15(19)21)14(20)18-7-5-16-11(2)9-18/h3-4,6,8,11,16H,5,7,9H2,1-2H3/t11-/m1/s1. The highest BCUT2D eigenvalue weighted by Gasteiger charge is 2.24. The molecule has 1 amide bonds. The molecule has 21 heavy (non-hydrogen) atoms. The van der Waals surface area contributed by atoms with Gasteiger partial charge >= 0.3 is 0 Å². The van der Waals surface area contributed by atoms with Gasteiger partial charge in [-0.3, -0.25) is 14.0 Å². The van der Waals surface area contributed by atoms with Crippen molar-refractivity contribution in [2.24, 2.45) is 0 Å². The van der Waals surface area contributed by atoms with Crippen LogP contribution in [0.15, 0.2) is 29.3 Å². The van der Waals surface area contributed by atoms with Crippen LogP contribution < -0.4 is 10.9 Å². The molecule has 0 aromatic carbocycles. The zero-order valence-corrected chi connectivity index (χ0v) is 12.2. The Balaban J connectivity index is 2.03. The Morgan fingerprint density at radius 2 is 2.29 bits per heavy atom. The molecule has 0 bridgehead atoms. The summed E-state index contributed by atoms with van der Waals surface area (Å²) in [6, 6.07) is 3.91. The van der Waals surface area contributed by atoms with Crippen molar-refractivity contribution in [1.29, 1.82) is 0 Å². The van der Waals surface area contributed by atoms with Gasteiger partial charge in [0.15, 0.2) is 0 Å². The van der Waals surface area contributed by atoms with E-state index in [1.807, 2.05) is 19.9 Å². The van der Waals surface area contributed by atoms with Gasteiger partial charge in [0, 0.05) is 38.1 Å². The molecule has 1 fully saturated rings. The molecule has 2 aromatic rings. The van der Waals surface area contributed by atoms with Crippen LogP contribution in [-0.4, -0.2) is 45.9 Å². The van der Waals surface area contributed by atoms with Crippen LogP contribution in [0.1, 0.15) is 22.8 Å². The van der Waals surface area contributed by atoms with Crippen LogP contribution >= 0.6 is 0 Å².